The Morgan fingerprint density at radius 2 is 1.56 bits per heavy atom. The molecule has 0 aromatic heterocycles. The van der Waals surface area contributed by atoms with E-state index < -0.39 is 0 Å². The molecule has 0 radical (unpaired) electrons. The molecule has 3 aromatic rings. The Balaban J connectivity index is 1.58. The van der Waals surface area contributed by atoms with Crippen LogP contribution in [0.1, 0.15) is 38.3 Å². The van der Waals surface area contributed by atoms with Crippen LogP contribution in [0, 0.1) is 0 Å². The highest BCUT2D eigenvalue weighted by Gasteiger charge is 2.17. The first-order valence-electron chi connectivity index (χ1n) is 9.62. The van der Waals surface area contributed by atoms with Crippen molar-refractivity contribution in [2.75, 3.05) is 13.2 Å². The molecule has 0 fully saturated rings. The number of rotatable bonds is 8. The first-order valence-corrected chi connectivity index (χ1v) is 9.62. The maximum Gasteiger partial charge on any atom is 0.124 e. The standard InChI is InChI=1S/C24H29NO2/c1-4-24(2,3)19-10-12-20(13-11-19)26-15-16-27-23-14-9-18-7-5-6-8-21(18)22(23)17-25/h5-14H,4,15-17,25H2,1-3H3. The molecule has 0 atom stereocenters. The lowest BCUT2D eigenvalue weighted by atomic mass is 9.82. The van der Waals surface area contributed by atoms with Crippen LogP contribution in [0.5, 0.6) is 11.5 Å². The third kappa shape index (κ3) is 4.42. The van der Waals surface area contributed by atoms with Gasteiger partial charge in [0.25, 0.3) is 0 Å². The average Bonchev–Trinajstić information content (AvgIpc) is 2.71. The molecule has 3 nitrogen and oxygen atoms in total. The molecule has 0 saturated heterocycles. The van der Waals surface area contributed by atoms with Crippen molar-refractivity contribution in [3.8, 4) is 11.5 Å². The predicted octanol–water partition coefficient (Wildman–Crippen LogP) is 5.44. The molecule has 0 amide bonds. The minimum atomic E-state index is 0.191. The van der Waals surface area contributed by atoms with Gasteiger partial charge in [-0.2, -0.15) is 0 Å². The lowest BCUT2D eigenvalue weighted by Gasteiger charge is -2.23. The molecule has 0 aliphatic heterocycles. The van der Waals surface area contributed by atoms with Crippen LogP contribution in [0.3, 0.4) is 0 Å². The van der Waals surface area contributed by atoms with Crippen molar-refractivity contribution in [2.45, 2.75) is 39.2 Å². The van der Waals surface area contributed by atoms with Crippen molar-refractivity contribution < 1.29 is 9.47 Å². The molecule has 27 heavy (non-hydrogen) atoms. The molecule has 0 aliphatic carbocycles. The van der Waals surface area contributed by atoms with Crippen LogP contribution in [-0.2, 0) is 12.0 Å². The second-order valence-corrected chi connectivity index (χ2v) is 7.43. The Hall–Kier alpha value is -2.52. The van der Waals surface area contributed by atoms with Gasteiger partial charge >= 0.3 is 0 Å². The summed E-state index contributed by atoms with van der Waals surface area (Å²) in [5.41, 5.74) is 8.52. The molecule has 0 saturated carbocycles. The van der Waals surface area contributed by atoms with Gasteiger partial charge in [-0.15, -0.1) is 0 Å². The first kappa shape index (κ1) is 19.2. The van der Waals surface area contributed by atoms with Crippen LogP contribution in [0.15, 0.2) is 60.7 Å². The fourth-order valence-corrected chi connectivity index (χ4v) is 3.18. The largest absolute Gasteiger partial charge is 0.490 e. The van der Waals surface area contributed by atoms with E-state index in [-0.39, 0.29) is 5.41 Å². The Morgan fingerprint density at radius 1 is 0.852 bits per heavy atom. The summed E-state index contributed by atoms with van der Waals surface area (Å²) in [4.78, 5) is 0. The number of nitrogens with two attached hydrogens (primary N) is 1. The summed E-state index contributed by atoms with van der Waals surface area (Å²) in [7, 11) is 0. The van der Waals surface area contributed by atoms with E-state index in [2.05, 4.69) is 51.1 Å². The van der Waals surface area contributed by atoms with Crippen LogP contribution < -0.4 is 15.2 Å². The van der Waals surface area contributed by atoms with Crippen molar-refractivity contribution in [1.29, 1.82) is 0 Å². The fraction of sp³-hybridized carbons (Fsp3) is 0.333. The van der Waals surface area contributed by atoms with Crippen molar-refractivity contribution in [3.63, 3.8) is 0 Å². The van der Waals surface area contributed by atoms with Gasteiger partial charge in [0.15, 0.2) is 0 Å². The maximum atomic E-state index is 5.96. The normalized spacial score (nSPS) is 11.6. The molecule has 0 unspecified atom stereocenters. The average molecular weight is 364 g/mol. The summed E-state index contributed by atoms with van der Waals surface area (Å²) in [6.07, 6.45) is 1.11. The lowest BCUT2D eigenvalue weighted by molar-refractivity contribution is 0.216. The Labute approximate surface area is 162 Å². The zero-order valence-corrected chi connectivity index (χ0v) is 16.5. The third-order valence-corrected chi connectivity index (χ3v) is 5.33. The van der Waals surface area contributed by atoms with E-state index in [1.54, 1.807) is 0 Å². The van der Waals surface area contributed by atoms with Crippen molar-refractivity contribution >= 4 is 10.8 Å². The lowest BCUT2D eigenvalue weighted by Crippen LogP contribution is -2.15. The molecule has 0 bridgehead atoms. The van der Waals surface area contributed by atoms with Crippen LogP contribution in [0.25, 0.3) is 10.8 Å². The van der Waals surface area contributed by atoms with E-state index >= 15 is 0 Å². The molecule has 3 heteroatoms. The van der Waals surface area contributed by atoms with E-state index in [0.717, 1.165) is 28.9 Å². The number of hydrogen-bond acceptors (Lipinski definition) is 3. The van der Waals surface area contributed by atoms with Gasteiger partial charge in [-0.05, 0) is 46.4 Å². The van der Waals surface area contributed by atoms with Crippen molar-refractivity contribution in [1.82, 2.24) is 0 Å². The number of fused-ring (bicyclic) bond motifs is 1. The quantitative estimate of drug-likeness (QED) is 0.542. The minimum absolute atomic E-state index is 0.191. The minimum Gasteiger partial charge on any atom is -0.490 e. The first-order chi connectivity index (χ1) is 13.0. The zero-order chi connectivity index (χ0) is 19.3. The summed E-state index contributed by atoms with van der Waals surface area (Å²) < 4.78 is 11.8. The Kier molecular flexibility index (Phi) is 6.02. The van der Waals surface area contributed by atoms with E-state index in [4.69, 9.17) is 15.2 Å². The summed E-state index contributed by atoms with van der Waals surface area (Å²) in [6.45, 7) is 8.15. The second-order valence-electron chi connectivity index (χ2n) is 7.43. The molecule has 142 valence electrons. The molecule has 0 heterocycles. The smallest absolute Gasteiger partial charge is 0.124 e. The summed E-state index contributed by atoms with van der Waals surface area (Å²) in [5.74, 6) is 1.70. The topological polar surface area (TPSA) is 44.5 Å². The van der Waals surface area contributed by atoms with Crippen molar-refractivity contribution in [2.24, 2.45) is 5.73 Å². The number of hydrogen-bond donors (Lipinski definition) is 1. The summed E-state index contributed by atoms with van der Waals surface area (Å²) in [6, 6.07) is 20.7. The SMILES string of the molecule is CCC(C)(C)c1ccc(OCCOc2ccc3ccccc3c2CN)cc1. The molecule has 0 aliphatic rings. The highest BCUT2D eigenvalue weighted by atomic mass is 16.5. The van der Waals surface area contributed by atoms with Gasteiger partial charge in [-0.3, -0.25) is 0 Å². The highest BCUT2D eigenvalue weighted by Crippen LogP contribution is 2.29. The van der Waals surface area contributed by atoms with E-state index in [1.807, 2.05) is 30.3 Å². The Morgan fingerprint density at radius 3 is 2.26 bits per heavy atom. The molecule has 3 aromatic carbocycles. The van der Waals surface area contributed by atoms with Gasteiger partial charge < -0.3 is 15.2 Å². The van der Waals surface area contributed by atoms with E-state index in [0.29, 0.717) is 19.8 Å². The van der Waals surface area contributed by atoms with Crippen LogP contribution in [0.4, 0.5) is 0 Å². The summed E-state index contributed by atoms with van der Waals surface area (Å²) >= 11 is 0. The molecular formula is C24H29NO2. The van der Waals surface area contributed by atoms with Crippen LogP contribution in [0.2, 0.25) is 0 Å². The fourth-order valence-electron chi connectivity index (χ4n) is 3.18. The third-order valence-electron chi connectivity index (χ3n) is 5.33. The van der Waals surface area contributed by atoms with Gasteiger partial charge in [-0.25, -0.2) is 0 Å². The van der Waals surface area contributed by atoms with Gasteiger partial charge in [0.1, 0.15) is 24.7 Å². The number of ether oxygens (including phenoxy) is 2. The van der Waals surface area contributed by atoms with E-state index in [1.165, 1.54) is 10.9 Å². The maximum absolute atomic E-state index is 5.96. The highest BCUT2D eigenvalue weighted by molar-refractivity contribution is 5.87. The van der Waals surface area contributed by atoms with Crippen molar-refractivity contribution in [3.05, 3.63) is 71.8 Å². The molecule has 2 N–H and O–H groups in total. The summed E-state index contributed by atoms with van der Waals surface area (Å²) in [5, 5.41) is 2.32. The van der Waals surface area contributed by atoms with Gasteiger partial charge in [0, 0.05) is 12.1 Å². The Bertz CT molecular complexity index is 885. The molecular weight excluding hydrogens is 334 g/mol. The molecule has 0 spiro atoms. The predicted molar refractivity (Wildman–Crippen MR) is 113 cm³/mol. The molecule has 3 rings (SSSR count). The van der Waals surface area contributed by atoms with Gasteiger partial charge in [0.05, 0.1) is 0 Å². The van der Waals surface area contributed by atoms with E-state index in [9.17, 15) is 0 Å². The zero-order valence-electron chi connectivity index (χ0n) is 16.5. The monoisotopic (exact) mass is 363 g/mol. The second kappa shape index (κ2) is 8.45. The van der Waals surface area contributed by atoms with Crippen LogP contribution >= 0.6 is 0 Å². The van der Waals surface area contributed by atoms with Crippen LogP contribution in [-0.4, -0.2) is 13.2 Å². The van der Waals surface area contributed by atoms with Gasteiger partial charge in [0.2, 0.25) is 0 Å². The van der Waals surface area contributed by atoms with Gasteiger partial charge in [-0.1, -0.05) is 63.2 Å². The number of benzene rings is 3.